The molecule has 0 aromatic heterocycles. The standard InChI is InChI=1S/C20H14F4O/c1-2-25-16-10-17(21)20(18(22)11-16)15-6-5-13-7-12(8-19(23)24)3-4-14(13)9-15/h3-11H,2H2,1H3. The van der Waals surface area contributed by atoms with E-state index in [1.165, 1.54) is 6.07 Å². The molecule has 0 aliphatic rings. The van der Waals surface area contributed by atoms with Gasteiger partial charge in [0.25, 0.3) is 6.08 Å². The van der Waals surface area contributed by atoms with E-state index in [0.717, 1.165) is 18.2 Å². The van der Waals surface area contributed by atoms with Crippen LogP contribution in [0.2, 0.25) is 0 Å². The first-order chi connectivity index (χ1) is 12.0. The molecule has 3 rings (SSSR count). The molecule has 1 nitrogen and oxygen atoms in total. The van der Waals surface area contributed by atoms with Crippen LogP contribution in [0.1, 0.15) is 12.5 Å². The van der Waals surface area contributed by atoms with Gasteiger partial charge in [-0.05, 0) is 41.0 Å². The second-order valence-electron chi connectivity index (χ2n) is 5.45. The fraction of sp³-hybridized carbons (Fsp3) is 0.100. The first-order valence-corrected chi connectivity index (χ1v) is 7.66. The lowest BCUT2D eigenvalue weighted by Crippen LogP contribution is -1.96. The number of halogens is 4. The maximum atomic E-state index is 14.3. The van der Waals surface area contributed by atoms with Crippen molar-refractivity contribution in [2.75, 3.05) is 6.61 Å². The third kappa shape index (κ3) is 3.65. The lowest BCUT2D eigenvalue weighted by molar-refractivity contribution is 0.336. The molecular formula is C20H14F4O. The largest absolute Gasteiger partial charge is 0.494 e. The van der Waals surface area contributed by atoms with Gasteiger partial charge in [0.1, 0.15) is 17.4 Å². The van der Waals surface area contributed by atoms with Crippen LogP contribution in [0.15, 0.2) is 54.6 Å². The Labute approximate surface area is 142 Å². The molecule has 0 atom stereocenters. The molecule has 5 heteroatoms. The molecule has 0 heterocycles. The Morgan fingerprint density at radius 1 is 0.920 bits per heavy atom. The fourth-order valence-electron chi connectivity index (χ4n) is 2.71. The van der Waals surface area contributed by atoms with E-state index in [0.29, 0.717) is 28.5 Å². The van der Waals surface area contributed by atoms with Crippen LogP contribution in [0.4, 0.5) is 17.6 Å². The summed E-state index contributed by atoms with van der Waals surface area (Å²) in [4.78, 5) is 0. The van der Waals surface area contributed by atoms with Crippen LogP contribution in [0, 0.1) is 11.6 Å². The average molecular weight is 346 g/mol. The van der Waals surface area contributed by atoms with Crippen LogP contribution >= 0.6 is 0 Å². The molecule has 0 N–H and O–H groups in total. The summed E-state index contributed by atoms with van der Waals surface area (Å²) in [5.41, 5.74) is 0.577. The molecule has 0 fully saturated rings. The first-order valence-electron chi connectivity index (χ1n) is 7.66. The maximum Gasteiger partial charge on any atom is 0.270 e. The minimum Gasteiger partial charge on any atom is -0.494 e. The van der Waals surface area contributed by atoms with Crippen LogP contribution in [0.3, 0.4) is 0 Å². The van der Waals surface area contributed by atoms with Crippen molar-refractivity contribution in [3.05, 3.63) is 71.8 Å². The number of rotatable bonds is 4. The van der Waals surface area contributed by atoms with Gasteiger partial charge in [0.05, 0.1) is 12.2 Å². The highest BCUT2D eigenvalue weighted by Crippen LogP contribution is 2.32. The highest BCUT2D eigenvalue weighted by Gasteiger charge is 2.14. The van der Waals surface area contributed by atoms with E-state index in [1.807, 2.05) is 0 Å². The van der Waals surface area contributed by atoms with E-state index in [-0.39, 0.29) is 11.3 Å². The molecule has 0 aliphatic heterocycles. The highest BCUT2D eigenvalue weighted by atomic mass is 19.3. The molecule has 0 bridgehead atoms. The van der Waals surface area contributed by atoms with E-state index in [4.69, 9.17) is 4.74 Å². The van der Waals surface area contributed by atoms with Crippen molar-refractivity contribution in [2.24, 2.45) is 0 Å². The molecule has 128 valence electrons. The van der Waals surface area contributed by atoms with Crippen molar-refractivity contribution in [3.63, 3.8) is 0 Å². The van der Waals surface area contributed by atoms with Crippen LogP contribution in [-0.4, -0.2) is 6.61 Å². The van der Waals surface area contributed by atoms with Crippen molar-refractivity contribution < 1.29 is 22.3 Å². The van der Waals surface area contributed by atoms with Crippen LogP contribution in [0.25, 0.3) is 28.0 Å². The zero-order valence-electron chi connectivity index (χ0n) is 13.3. The Hall–Kier alpha value is -2.82. The zero-order valence-corrected chi connectivity index (χ0v) is 13.3. The molecule has 0 saturated carbocycles. The van der Waals surface area contributed by atoms with Crippen molar-refractivity contribution in [2.45, 2.75) is 6.92 Å². The van der Waals surface area contributed by atoms with Gasteiger partial charge in [0, 0.05) is 18.2 Å². The van der Waals surface area contributed by atoms with Gasteiger partial charge >= 0.3 is 0 Å². The first kappa shape index (κ1) is 17.0. The second kappa shape index (κ2) is 6.97. The molecular weight excluding hydrogens is 332 g/mol. The number of hydrogen-bond acceptors (Lipinski definition) is 1. The van der Waals surface area contributed by atoms with Crippen LogP contribution < -0.4 is 4.74 Å². The van der Waals surface area contributed by atoms with Crippen molar-refractivity contribution in [1.29, 1.82) is 0 Å². The van der Waals surface area contributed by atoms with Gasteiger partial charge in [-0.1, -0.05) is 24.3 Å². The SMILES string of the molecule is CCOc1cc(F)c(-c2ccc3cc(C=C(F)F)ccc3c2)c(F)c1. The molecule has 3 aromatic carbocycles. The molecule has 0 aliphatic carbocycles. The number of hydrogen-bond donors (Lipinski definition) is 0. The fourth-order valence-corrected chi connectivity index (χ4v) is 2.71. The second-order valence-corrected chi connectivity index (χ2v) is 5.45. The van der Waals surface area contributed by atoms with Crippen molar-refractivity contribution >= 4 is 16.8 Å². The normalized spacial score (nSPS) is 10.8. The van der Waals surface area contributed by atoms with Gasteiger partial charge in [-0.3, -0.25) is 0 Å². The Balaban J connectivity index is 2.06. The summed E-state index contributed by atoms with van der Waals surface area (Å²) in [6.45, 7) is 2.04. The number of benzene rings is 3. The van der Waals surface area contributed by atoms with Gasteiger partial charge in [-0.15, -0.1) is 0 Å². The third-order valence-electron chi connectivity index (χ3n) is 3.76. The average Bonchev–Trinajstić information content (AvgIpc) is 2.54. The molecule has 25 heavy (non-hydrogen) atoms. The predicted molar refractivity (Wildman–Crippen MR) is 90.7 cm³/mol. The van der Waals surface area contributed by atoms with E-state index in [2.05, 4.69) is 0 Å². The monoisotopic (exact) mass is 346 g/mol. The van der Waals surface area contributed by atoms with E-state index in [1.54, 1.807) is 37.3 Å². The van der Waals surface area contributed by atoms with Crippen molar-refractivity contribution in [1.82, 2.24) is 0 Å². The summed E-state index contributed by atoms with van der Waals surface area (Å²) in [7, 11) is 0. The minimum atomic E-state index is -1.78. The van der Waals surface area contributed by atoms with E-state index >= 15 is 0 Å². The molecule has 0 amide bonds. The Bertz CT molecular complexity index is 936. The summed E-state index contributed by atoms with van der Waals surface area (Å²) in [5.74, 6) is -1.31. The molecule has 0 saturated heterocycles. The van der Waals surface area contributed by atoms with Gasteiger partial charge < -0.3 is 4.74 Å². The van der Waals surface area contributed by atoms with E-state index in [9.17, 15) is 17.6 Å². The van der Waals surface area contributed by atoms with Crippen LogP contribution in [-0.2, 0) is 0 Å². The minimum absolute atomic E-state index is 0.131. The van der Waals surface area contributed by atoms with E-state index < -0.39 is 17.7 Å². The summed E-state index contributed by atoms with van der Waals surface area (Å²) in [6.07, 6.45) is -1.02. The molecule has 0 spiro atoms. The summed E-state index contributed by atoms with van der Waals surface area (Å²) >= 11 is 0. The van der Waals surface area contributed by atoms with Gasteiger partial charge in [-0.2, -0.15) is 8.78 Å². The molecule has 0 radical (unpaired) electrons. The Morgan fingerprint density at radius 2 is 1.56 bits per heavy atom. The summed E-state index contributed by atoms with van der Waals surface area (Å²) in [5, 5.41) is 1.40. The van der Waals surface area contributed by atoms with Gasteiger partial charge in [0.2, 0.25) is 0 Å². The predicted octanol–water partition coefficient (Wildman–Crippen LogP) is 6.42. The number of fused-ring (bicyclic) bond motifs is 1. The number of ether oxygens (including phenoxy) is 1. The lowest BCUT2D eigenvalue weighted by atomic mass is 9.99. The lowest BCUT2D eigenvalue weighted by Gasteiger charge is -2.10. The third-order valence-corrected chi connectivity index (χ3v) is 3.76. The summed E-state index contributed by atoms with van der Waals surface area (Å²) < 4.78 is 58.5. The smallest absolute Gasteiger partial charge is 0.270 e. The summed E-state index contributed by atoms with van der Waals surface area (Å²) in [6, 6.07) is 11.9. The molecule has 3 aromatic rings. The maximum absolute atomic E-state index is 14.3. The van der Waals surface area contributed by atoms with Gasteiger partial charge in [-0.25, -0.2) is 8.78 Å². The Morgan fingerprint density at radius 3 is 2.20 bits per heavy atom. The quantitative estimate of drug-likeness (QED) is 0.495. The van der Waals surface area contributed by atoms with Crippen LogP contribution in [0.5, 0.6) is 5.75 Å². The van der Waals surface area contributed by atoms with Crippen molar-refractivity contribution in [3.8, 4) is 16.9 Å². The Kier molecular flexibility index (Phi) is 4.74. The topological polar surface area (TPSA) is 9.23 Å². The van der Waals surface area contributed by atoms with Gasteiger partial charge in [0.15, 0.2) is 0 Å². The zero-order chi connectivity index (χ0) is 18.0. The molecule has 0 unspecified atom stereocenters. The highest BCUT2D eigenvalue weighted by molar-refractivity contribution is 5.89.